The maximum atomic E-state index is 5.51. The molecule has 9 aromatic carbocycles. The maximum absolute atomic E-state index is 5.51. The molecule has 0 atom stereocenters. The zero-order chi connectivity index (χ0) is 43.2. The van der Waals surface area contributed by atoms with E-state index in [1.54, 1.807) is 0 Å². The average Bonchev–Trinajstić information content (AvgIpc) is 3.96. The summed E-state index contributed by atoms with van der Waals surface area (Å²) in [5, 5.41) is 4.55. The lowest BCUT2D eigenvalue weighted by atomic mass is 9.81. The molecule has 65 heavy (non-hydrogen) atoms. The number of fused-ring (bicyclic) bond motifs is 9. The van der Waals surface area contributed by atoms with Crippen LogP contribution in [-0.2, 0) is 5.41 Å². The van der Waals surface area contributed by atoms with Crippen molar-refractivity contribution in [2.45, 2.75) is 19.3 Å². The van der Waals surface area contributed by atoms with Crippen LogP contribution in [0.4, 0.5) is 0 Å². The number of aromatic nitrogens is 5. The van der Waals surface area contributed by atoms with Gasteiger partial charge in [0.15, 0.2) is 5.82 Å². The molecule has 0 bridgehead atoms. The average molecular weight is 832 g/mol. The highest BCUT2D eigenvalue weighted by Gasteiger charge is 2.35. The molecule has 3 aromatic heterocycles. The molecule has 0 N–H and O–H groups in total. The topological polar surface area (TPSA) is 48.5 Å². The van der Waals surface area contributed by atoms with Crippen LogP contribution < -0.4 is 0 Å². The number of para-hydroxylation sites is 2. The van der Waals surface area contributed by atoms with Crippen molar-refractivity contribution in [3.05, 3.63) is 223 Å². The Kier molecular flexibility index (Phi) is 8.18. The predicted octanol–water partition coefficient (Wildman–Crippen LogP) is 15.0. The zero-order valence-corrected chi connectivity index (χ0v) is 35.9. The Balaban J connectivity index is 1.07. The van der Waals surface area contributed by atoms with Gasteiger partial charge in [-0.1, -0.05) is 190 Å². The minimum Gasteiger partial charge on any atom is -0.278 e. The van der Waals surface area contributed by atoms with Gasteiger partial charge in [0.2, 0.25) is 11.9 Å². The second kappa shape index (κ2) is 14.3. The van der Waals surface area contributed by atoms with Crippen LogP contribution in [0.25, 0.3) is 111 Å². The first-order valence-corrected chi connectivity index (χ1v) is 22.3. The normalized spacial score (nSPS) is 12.9. The molecule has 306 valence electrons. The van der Waals surface area contributed by atoms with Gasteiger partial charge >= 0.3 is 0 Å². The largest absolute Gasteiger partial charge is 0.278 e. The number of hydrogen-bond donors (Lipinski definition) is 0. The monoisotopic (exact) mass is 831 g/mol. The summed E-state index contributed by atoms with van der Waals surface area (Å²) in [5.74, 6) is 1.69. The van der Waals surface area contributed by atoms with E-state index in [0.717, 1.165) is 82.6 Å². The van der Waals surface area contributed by atoms with Crippen LogP contribution in [0.5, 0.6) is 0 Å². The molecule has 0 spiro atoms. The molecule has 0 fully saturated rings. The Labute approximate surface area is 376 Å². The van der Waals surface area contributed by atoms with Crippen LogP contribution in [-0.4, -0.2) is 24.1 Å². The maximum Gasteiger partial charge on any atom is 0.240 e. The Hall–Kier alpha value is -8.41. The van der Waals surface area contributed by atoms with Gasteiger partial charge in [-0.2, -0.15) is 15.0 Å². The van der Waals surface area contributed by atoms with Gasteiger partial charge in [-0.15, -0.1) is 0 Å². The molecule has 1 aliphatic carbocycles. The molecule has 5 heteroatoms. The van der Waals surface area contributed by atoms with Crippen LogP contribution in [0.2, 0.25) is 0 Å². The number of hydrogen-bond acceptors (Lipinski definition) is 3. The fraction of sp³-hybridized carbons (Fsp3) is 0.0500. The first-order valence-electron chi connectivity index (χ1n) is 22.3. The van der Waals surface area contributed by atoms with Gasteiger partial charge in [-0.25, -0.2) is 0 Å². The summed E-state index contributed by atoms with van der Waals surface area (Å²) in [7, 11) is 0. The first kappa shape index (κ1) is 37.2. The third-order valence-corrected chi connectivity index (χ3v) is 13.6. The van der Waals surface area contributed by atoms with Crippen molar-refractivity contribution in [3.63, 3.8) is 0 Å². The van der Waals surface area contributed by atoms with Gasteiger partial charge in [0.05, 0.1) is 22.1 Å². The second-order valence-electron chi connectivity index (χ2n) is 17.7. The van der Waals surface area contributed by atoms with Gasteiger partial charge in [-0.3, -0.25) is 9.13 Å². The minimum atomic E-state index is -0.108. The van der Waals surface area contributed by atoms with E-state index >= 15 is 0 Å². The lowest BCUT2D eigenvalue weighted by Crippen LogP contribution is -2.14. The molecular formula is C60H41N5. The van der Waals surface area contributed by atoms with Gasteiger partial charge in [-0.05, 0) is 92.0 Å². The van der Waals surface area contributed by atoms with E-state index < -0.39 is 0 Å². The van der Waals surface area contributed by atoms with Crippen LogP contribution in [0, 0.1) is 0 Å². The summed E-state index contributed by atoms with van der Waals surface area (Å²) < 4.78 is 4.44. The van der Waals surface area contributed by atoms with Gasteiger partial charge < -0.3 is 0 Å². The number of rotatable bonds is 6. The Morgan fingerprint density at radius 2 is 0.754 bits per heavy atom. The molecule has 12 aromatic rings. The van der Waals surface area contributed by atoms with Crippen LogP contribution in [0.15, 0.2) is 212 Å². The summed E-state index contributed by atoms with van der Waals surface area (Å²) >= 11 is 0. The van der Waals surface area contributed by atoms with E-state index in [4.69, 9.17) is 15.0 Å². The van der Waals surface area contributed by atoms with Crippen molar-refractivity contribution in [1.82, 2.24) is 24.1 Å². The summed E-state index contributed by atoms with van der Waals surface area (Å²) in [6, 6.07) is 76.1. The van der Waals surface area contributed by atoms with Gasteiger partial charge in [0.25, 0.3) is 0 Å². The zero-order valence-electron chi connectivity index (χ0n) is 35.9. The molecule has 0 aliphatic heterocycles. The quantitative estimate of drug-likeness (QED) is 0.168. The van der Waals surface area contributed by atoms with Crippen LogP contribution in [0.1, 0.15) is 25.0 Å². The molecule has 5 nitrogen and oxygen atoms in total. The second-order valence-corrected chi connectivity index (χ2v) is 17.7. The smallest absolute Gasteiger partial charge is 0.240 e. The number of nitrogens with zero attached hydrogens (tertiary/aromatic N) is 5. The van der Waals surface area contributed by atoms with Gasteiger partial charge in [0, 0.05) is 32.5 Å². The Bertz CT molecular complexity index is 3710. The highest BCUT2D eigenvalue weighted by molar-refractivity contribution is 6.11. The molecule has 0 radical (unpaired) electrons. The number of benzene rings is 9. The molecule has 0 saturated heterocycles. The SMILES string of the molecule is CC1(C)c2ccccc2-c2ccc(-c3cccc(-c4nc(-n5c6ccccc6c6ccccc65)nc(-n5c6cc(-c7ccccc7)ccc6c6ccc(-c7ccccc7)cc65)n4)c3)cc21. The molecule has 0 saturated carbocycles. The third-order valence-electron chi connectivity index (χ3n) is 13.6. The van der Waals surface area contributed by atoms with Crippen molar-refractivity contribution in [2.75, 3.05) is 0 Å². The molecular weight excluding hydrogens is 791 g/mol. The molecule has 1 aliphatic rings. The first-order chi connectivity index (χ1) is 32.0. The predicted molar refractivity (Wildman–Crippen MR) is 268 cm³/mol. The molecule has 0 unspecified atom stereocenters. The lowest BCUT2D eigenvalue weighted by molar-refractivity contribution is 0.660. The fourth-order valence-corrected chi connectivity index (χ4v) is 10.4. The molecule has 13 rings (SSSR count). The van der Waals surface area contributed by atoms with Crippen molar-refractivity contribution in [1.29, 1.82) is 0 Å². The minimum absolute atomic E-state index is 0.108. The summed E-state index contributed by atoms with van der Waals surface area (Å²) in [5.41, 5.74) is 17.0. The standard InChI is InChI=1S/C60H41N5/c1-60(2)51-25-12-9-22-45(51)46-31-28-41(35-52(46)60)40-20-15-21-44(34-40)57-61-58(64-53-26-13-10-23-47(53)48-24-11-14-27-54(48)64)63-59(62-57)65-55-36-42(38-16-5-3-6-17-38)29-32-49(55)50-33-30-43(37-56(50)65)39-18-7-4-8-19-39/h3-37H,1-2H3. The highest BCUT2D eigenvalue weighted by Crippen LogP contribution is 2.49. The summed E-state index contributed by atoms with van der Waals surface area (Å²) in [6.45, 7) is 4.67. The van der Waals surface area contributed by atoms with E-state index in [1.165, 1.54) is 22.3 Å². The molecule has 3 heterocycles. The summed E-state index contributed by atoms with van der Waals surface area (Å²) in [4.78, 5) is 16.4. The fourth-order valence-electron chi connectivity index (χ4n) is 10.4. The lowest BCUT2D eigenvalue weighted by Gasteiger charge is -2.22. The van der Waals surface area contributed by atoms with Crippen LogP contribution >= 0.6 is 0 Å². The molecule has 0 amide bonds. The highest BCUT2D eigenvalue weighted by atomic mass is 15.3. The van der Waals surface area contributed by atoms with E-state index in [9.17, 15) is 0 Å². The third kappa shape index (κ3) is 5.82. The Morgan fingerprint density at radius 3 is 1.38 bits per heavy atom. The van der Waals surface area contributed by atoms with E-state index in [2.05, 4.69) is 235 Å². The van der Waals surface area contributed by atoms with E-state index in [0.29, 0.717) is 17.7 Å². The summed E-state index contributed by atoms with van der Waals surface area (Å²) in [6.07, 6.45) is 0. The van der Waals surface area contributed by atoms with E-state index in [1.807, 2.05) is 0 Å². The van der Waals surface area contributed by atoms with Crippen molar-refractivity contribution in [3.8, 4) is 67.8 Å². The van der Waals surface area contributed by atoms with Crippen molar-refractivity contribution < 1.29 is 0 Å². The van der Waals surface area contributed by atoms with Crippen LogP contribution in [0.3, 0.4) is 0 Å². The van der Waals surface area contributed by atoms with Crippen molar-refractivity contribution in [2.24, 2.45) is 0 Å². The van der Waals surface area contributed by atoms with E-state index in [-0.39, 0.29) is 5.41 Å². The van der Waals surface area contributed by atoms with Crippen molar-refractivity contribution >= 4 is 43.6 Å². The van der Waals surface area contributed by atoms with Gasteiger partial charge in [0.1, 0.15) is 0 Å². The Morgan fingerprint density at radius 1 is 0.308 bits per heavy atom.